The summed E-state index contributed by atoms with van der Waals surface area (Å²) >= 11 is 0. The number of carbonyl (C=O) groups is 3. The molecule has 380 valence electrons. The molecule has 0 heterocycles. The van der Waals surface area contributed by atoms with Gasteiger partial charge >= 0.3 is 17.9 Å². The molecule has 0 rings (SSSR count). The molecule has 0 N–H and O–H groups in total. The fourth-order valence-corrected chi connectivity index (χ4v) is 7.76. The average Bonchev–Trinajstić information content (AvgIpc) is 3.31. The molecule has 66 heavy (non-hydrogen) atoms. The first-order valence-electron chi connectivity index (χ1n) is 27.9. The number of hydrogen-bond acceptors (Lipinski definition) is 6. The molecule has 0 spiro atoms. The minimum atomic E-state index is -0.790. The van der Waals surface area contributed by atoms with Crippen LogP contribution in [0.15, 0.2) is 72.9 Å². The van der Waals surface area contributed by atoms with Crippen LogP contribution in [0.3, 0.4) is 0 Å². The third-order valence-electron chi connectivity index (χ3n) is 11.9. The van der Waals surface area contributed by atoms with Crippen molar-refractivity contribution in [2.45, 2.75) is 277 Å². The van der Waals surface area contributed by atoms with Crippen molar-refractivity contribution in [3.63, 3.8) is 0 Å². The molecule has 1 atom stereocenters. The van der Waals surface area contributed by atoms with Crippen molar-refractivity contribution in [3.8, 4) is 0 Å². The van der Waals surface area contributed by atoms with Crippen LogP contribution in [0.5, 0.6) is 0 Å². The highest BCUT2D eigenvalue weighted by Gasteiger charge is 2.19. The Balaban J connectivity index is 4.41. The van der Waals surface area contributed by atoms with Gasteiger partial charge in [-0.3, -0.25) is 14.4 Å². The zero-order valence-corrected chi connectivity index (χ0v) is 43.4. The smallest absolute Gasteiger partial charge is 0.306 e. The Labute approximate surface area is 408 Å². The van der Waals surface area contributed by atoms with Gasteiger partial charge in [-0.1, -0.05) is 235 Å². The van der Waals surface area contributed by atoms with E-state index >= 15 is 0 Å². The van der Waals surface area contributed by atoms with E-state index in [2.05, 4.69) is 93.7 Å². The SMILES string of the molecule is CC/C=C\C/C=C\C/C=C\C/C=C\C/C=C\CCCCCC(=O)OCC(COC(=O)CCCCCCC/C=C\CCCCC)OC(=O)CCCCCCCCCCCCCCCCCCC. The van der Waals surface area contributed by atoms with Crippen LogP contribution in [0.25, 0.3) is 0 Å². The Kier molecular flexibility index (Phi) is 51.9. The van der Waals surface area contributed by atoms with Gasteiger partial charge in [0.25, 0.3) is 0 Å². The minimum Gasteiger partial charge on any atom is -0.462 e. The normalized spacial score (nSPS) is 12.6. The van der Waals surface area contributed by atoms with Gasteiger partial charge in [-0.25, -0.2) is 0 Å². The zero-order chi connectivity index (χ0) is 47.9. The first-order valence-corrected chi connectivity index (χ1v) is 27.9. The number of unbranched alkanes of at least 4 members (excludes halogenated alkanes) is 27. The van der Waals surface area contributed by atoms with Crippen molar-refractivity contribution in [1.82, 2.24) is 0 Å². The van der Waals surface area contributed by atoms with Gasteiger partial charge < -0.3 is 14.2 Å². The van der Waals surface area contributed by atoms with Crippen LogP contribution in [0.1, 0.15) is 271 Å². The fraction of sp³-hybridized carbons (Fsp3) is 0.750. The maximum Gasteiger partial charge on any atom is 0.306 e. The van der Waals surface area contributed by atoms with Crippen molar-refractivity contribution < 1.29 is 28.6 Å². The second kappa shape index (κ2) is 54.5. The Morgan fingerprint density at radius 1 is 0.318 bits per heavy atom. The van der Waals surface area contributed by atoms with Gasteiger partial charge in [0.15, 0.2) is 6.10 Å². The molecule has 6 heteroatoms. The van der Waals surface area contributed by atoms with Gasteiger partial charge in [0.05, 0.1) is 0 Å². The van der Waals surface area contributed by atoms with E-state index in [9.17, 15) is 14.4 Å². The van der Waals surface area contributed by atoms with Gasteiger partial charge in [-0.15, -0.1) is 0 Å². The van der Waals surface area contributed by atoms with E-state index in [0.717, 1.165) is 103 Å². The summed E-state index contributed by atoms with van der Waals surface area (Å²) in [6.07, 6.45) is 68.9. The summed E-state index contributed by atoms with van der Waals surface area (Å²) in [5.41, 5.74) is 0. The molecule has 0 saturated carbocycles. The van der Waals surface area contributed by atoms with Gasteiger partial charge in [-0.2, -0.15) is 0 Å². The van der Waals surface area contributed by atoms with Crippen LogP contribution in [-0.4, -0.2) is 37.2 Å². The maximum atomic E-state index is 12.8. The Morgan fingerprint density at radius 2 is 0.591 bits per heavy atom. The van der Waals surface area contributed by atoms with Gasteiger partial charge in [-0.05, 0) is 89.9 Å². The summed E-state index contributed by atoms with van der Waals surface area (Å²) < 4.78 is 16.8. The Morgan fingerprint density at radius 3 is 0.985 bits per heavy atom. The summed E-state index contributed by atoms with van der Waals surface area (Å²) in [4.78, 5) is 38.1. The molecule has 0 aromatic rings. The van der Waals surface area contributed by atoms with Crippen LogP contribution in [0.2, 0.25) is 0 Å². The number of allylic oxidation sites excluding steroid dienone is 12. The molecule has 0 amide bonds. The molecule has 0 aliphatic rings. The van der Waals surface area contributed by atoms with E-state index in [1.165, 1.54) is 128 Å². The minimum absolute atomic E-state index is 0.0886. The highest BCUT2D eigenvalue weighted by molar-refractivity contribution is 5.71. The molecule has 0 fully saturated rings. The molecule has 0 radical (unpaired) electrons. The maximum absolute atomic E-state index is 12.8. The summed E-state index contributed by atoms with van der Waals surface area (Å²) in [6.45, 7) is 6.49. The summed E-state index contributed by atoms with van der Waals surface area (Å²) in [5.74, 6) is -0.922. The molecule has 1 unspecified atom stereocenters. The Bertz CT molecular complexity index is 1240. The van der Waals surface area contributed by atoms with Crippen molar-refractivity contribution in [1.29, 1.82) is 0 Å². The summed E-state index contributed by atoms with van der Waals surface area (Å²) in [5, 5.41) is 0. The monoisotopic (exact) mass is 921 g/mol. The second-order valence-corrected chi connectivity index (χ2v) is 18.5. The van der Waals surface area contributed by atoms with E-state index in [-0.39, 0.29) is 31.1 Å². The Hall–Kier alpha value is -3.15. The number of carbonyl (C=O) groups excluding carboxylic acids is 3. The molecule has 0 bridgehead atoms. The van der Waals surface area contributed by atoms with Crippen LogP contribution in [-0.2, 0) is 28.6 Å². The fourth-order valence-electron chi connectivity index (χ4n) is 7.76. The highest BCUT2D eigenvalue weighted by atomic mass is 16.6. The predicted molar refractivity (Wildman–Crippen MR) is 284 cm³/mol. The number of hydrogen-bond donors (Lipinski definition) is 0. The van der Waals surface area contributed by atoms with E-state index in [1.54, 1.807) is 0 Å². The number of esters is 3. The van der Waals surface area contributed by atoms with Crippen molar-refractivity contribution in [3.05, 3.63) is 72.9 Å². The standard InChI is InChI=1S/C60H104O6/c1-4-7-10-13-16-19-22-25-27-29-30-32-33-35-38-41-44-47-50-53-59(62)65-56-57(55-64-58(61)52-49-46-43-40-37-24-21-18-15-12-9-6-3)66-60(63)54-51-48-45-42-39-36-34-31-28-26-23-20-17-14-11-8-5-2/h7,10,16,18-19,21,25,27,30,32,35,38,57H,4-6,8-9,11-15,17,20,22-24,26,28-29,31,33-34,36-37,39-56H2,1-3H3/b10-7-,19-16-,21-18-,27-25-,32-30-,38-35-. The van der Waals surface area contributed by atoms with Crippen LogP contribution in [0.4, 0.5) is 0 Å². The average molecular weight is 921 g/mol. The molecule has 0 aliphatic carbocycles. The highest BCUT2D eigenvalue weighted by Crippen LogP contribution is 2.16. The molecule has 0 aromatic heterocycles. The quantitative estimate of drug-likeness (QED) is 0.0262. The number of ether oxygens (including phenoxy) is 3. The molecule has 0 aliphatic heterocycles. The largest absolute Gasteiger partial charge is 0.462 e. The lowest BCUT2D eigenvalue weighted by Crippen LogP contribution is -2.30. The first kappa shape index (κ1) is 62.8. The third kappa shape index (κ3) is 51.8. The van der Waals surface area contributed by atoms with Crippen molar-refractivity contribution in [2.75, 3.05) is 13.2 Å². The van der Waals surface area contributed by atoms with E-state index in [4.69, 9.17) is 14.2 Å². The zero-order valence-electron chi connectivity index (χ0n) is 43.4. The summed E-state index contributed by atoms with van der Waals surface area (Å²) in [6, 6.07) is 0. The van der Waals surface area contributed by atoms with Crippen LogP contribution in [0, 0.1) is 0 Å². The molecular formula is C60H104O6. The second-order valence-electron chi connectivity index (χ2n) is 18.5. The topological polar surface area (TPSA) is 78.9 Å². The molecule has 0 saturated heterocycles. The van der Waals surface area contributed by atoms with Crippen LogP contribution >= 0.6 is 0 Å². The predicted octanol–water partition coefficient (Wildman–Crippen LogP) is 18.6. The molecule has 0 aromatic carbocycles. The first-order chi connectivity index (χ1) is 32.5. The van der Waals surface area contributed by atoms with E-state index in [0.29, 0.717) is 19.3 Å². The van der Waals surface area contributed by atoms with Crippen molar-refractivity contribution >= 4 is 17.9 Å². The molecule has 6 nitrogen and oxygen atoms in total. The summed E-state index contributed by atoms with van der Waals surface area (Å²) in [7, 11) is 0. The van der Waals surface area contributed by atoms with Gasteiger partial charge in [0.1, 0.15) is 13.2 Å². The van der Waals surface area contributed by atoms with Crippen molar-refractivity contribution in [2.24, 2.45) is 0 Å². The lowest BCUT2D eigenvalue weighted by Gasteiger charge is -2.18. The third-order valence-corrected chi connectivity index (χ3v) is 11.9. The number of rotatable bonds is 50. The van der Waals surface area contributed by atoms with Gasteiger partial charge in [0.2, 0.25) is 0 Å². The lowest BCUT2D eigenvalue weighted by atomic mass is 10.0. The lowest BCUT2D eigenvalue weighted by molar-refractivity contribution is -0.167. The molecular weight excluding hydrogens is 817 g/mol. The van der Waals surface area contributed by atoms with Gasteiger partial charge in [0, 0.05) is 19.3 Å². The van der Waals surface area contributed by atoms with Crippen LogP contribution < -0.4 is 0 Å². The van der Waals surface area contributed by atoms with E-state index < -0.39 is 6.10 Å². The van der Waals surface area contributed by atoms with E-state index in [1.807, 2.05) is 0 Å².